The van der Waals surface area contributed by atoms with Crippen LogP contribution in [0.2, 0.25) is 0 Å². The van der Waals surface area contributed by atoms with Gasteiger partial charge in [0.15, 0.2) is 0 Å². The monoisotopic (exact) mass is 176 g/mol. The highest BCUT2D eigenvalue weighted by Gasteiger charge is 2.15. The molecule has 2 rings (SSSR count). The van der Waals surface area contributed by atoms with Gasteiger partial charge in [0.2, 0.25) is 0 Å². The van der Waals surface area contributed by atoms with Gasteiger partial charge in [-0.05, 0) is 43.5 Å². The summed E-state index contributed by atoms with van der Waals surface area (Å²) in [5.74, 6) is 0. The first-order valence-electron chi connectivity index (χ1n) is 4.87. The highest BCUT2D eigenvalue weighted by molar-refractivity contribution is 5.49. The maximum absolute atomic E-state index is 5.86. The highest BCUT2D eigenvalue weighted by atomic mass is 14.9. The molecule has 1 aromatic rings. The molecule has 0 spiro atoms. The van der Waals surface area contributed by atoms with Crippen molar-refractivity contribution in [1.82, 2.24) is 5.32 Å². The lowest BCUT2D eigenvalue weighted by Crippen LogP contribution is -2.13. The summed E-state index contributed by atoms with van der Waals surface area (Å²) < 4.78 is 0. The zero-order chi connectivity index (χ0) is 9.26. The van der Waals surface area contributed by atoms with E-state index in [0.29, 0.717) is 6.04 Å². The summed E-state index contributed by atoms with van der Waals surface area (Å²) >= 11 is 0. The standard InChI is InChI=1S/C11H16N2/c1-8-4-5-9(7-10(8)12)11-3-2-6-13-11/h4-5,7,11,13H,2-3,6,12H2,1H3. The second-order valence-electron chi connectivity index (χ2n) is 3.76. The summed E-state index contributed by atoms with van der Waals surface area (Å²) in [5.41, 5.74) is 9.27. The van der Waals surface area contributed by atoms with Gasteiger partial charge in [0.05, 0.1) is 0 Å². The summed E-state index contributed by atoms with van der Waals surface area (Å²) in [7, 11) is 0. The zero-order valence-electron chi connectivity index (χ0n) is 8.01. The number of nitrogen functional groups attached to an aromatic ring is 1. The number of nitrogens with two attached hydrogens (primary N) is 1. The fourth-order valence-corrected chi connectivity index (χ4v) is 1.84. The summed E-state index contributed by atoms with van der Waals surface area (Å²) in [4.78, 5) is 0. The predicted molar refractivity (Wildman–Crippen MR) is 55.6 cm³/mol. The minimum absolute atomic E-state index is 0.530. The molecular weight excluding hydrogens is 160 g/mol. The Balaban J connectivity index is 2.25. The summed E-state index contributed by atoms with van der Waals surface area (Å²) in [6.45, 7) is 3.18. The molecule has 1 heterocycles. The van der Waals surface area contributed by atoms with Gasteiger partial charge < -0.3 is 11.1 Å². The number of hydrogen-bond donors (Lipinski definition) is 2. The van der Waals surface area contributed by atoms with Gasteiger partial charge in [-0.2, -0.15) is 0 Å². The molecule has 1 aliphatic heterocycles. The summed E-state index contributed by atoms with van der Waals surface area (Å²) in [6, 6.07) is 6.90. The van der Waals surface area contributed by atoms with E-state index < -0.39 is 0 Å². The molecule has 0 radical (unpaired) electrons. The number of anilines is 1. The first kappa shape index (κ1) is 8.57. The van der Waals surface area contributed by atoms with Gasteiger partial charge in [-0.3, -0.25) is 0 Å². The molecule has 0 aromatic heterocycles. The summed E-state index contributed by atoms with van der Waals surface area (Å²) in [5, 5.41) is 3.46. The highest BCUT2D eigenvalue weighted by Crippen LogP contribution is 2.25. The average molecular weight is 176 g/mol. The van der Waals surface area contributed by atoms with E-state index in [1.54, 1.807) is 0 Å². The van der Waals surface area contributed by atoms with E-state index in [1.165, 1.54) is 24.0 Å². The third kappa shape index (κ3) is 1.68. The smallest absolute Gasteiger partial charge is 0.0347 e. The number of benzene rings is 1. The van der Waals surface area contributed by atoms with E-state index in [4.69, 9.17) is 5.73 Å². The topological polar surface area (TPSA) is 38.0 Å². The molecule has 1 aliphatic rings. The molecule has 1 saturated heterocycles. The Hall–Kier alpha value is -1.02. The molecule has 2 nitrogen and oxygen atoms in total. The van der Waals surface area contributed by atoms with Crippen LogP contribution in [0.1, 0.15) is 30.0 Å². The van der Waals surface area contributed by atoms with Gasteiger partial charge in [-0.1, -0.05) is 12.1 Å². The van der Waals surface area contributed by atoms with Crippen LogP contribution in [0.3, 0.4) is 0 Å². The second-order valence-corrected chi connectivity index (χ2v) is 3.76. The Morgan fingerprint density at radius 2 is 2.31 bits per heavy atom. The Labute approximate surface area is 79.1 Å². The van der Waals surface area contributed by atoms with Crippen molar-refractivity contribution < 1.29 is 0 Å². The van der Waals surface area contributed by atoms with Gasteiger partial charge in [-0.15, -0.1) is 0 Å². The Bertz CT molecular complexity index is 301. The van der Waals surface area contributed by atoms with Gasteiger partial charge >= 0.3 is 0 Å². The summed E-state index contributed by atoms with van der Waals surface area (Å²) in [6.07, 6.45) is 2.51. The van der Waals surface area contributed by atoms with Crippen molar-refractivity contribution in [3.05, 3.63) is 29.3 Å². The van der Waals surface area contributed by atoms with Crippen molar-refractivity contribution in [2.75, 3.05) is 12.3 Å². The molecule has 0 saturated carbocycles. The normalized spacial score (nSPS) is 22.1. The molecule has 0 bridgehead atoms. The molecule has 2 heteroatoms. The predicted octanol–water partition coefficient (Wildman–Crippen LogP) is 2.00. The lowest BCUT2D eigenvalue weighted by Gasteiger charge is -2.11. The molecule has 1 aromatic carbocycles. The second kappa shape index (κ2) is 3.38. The van der Waals surface area contributed by atoms with Crippen molar-refractivity contribution in [3.8, 4) is 0 Å². The maximum Gasteiger partial charge on any atom is 0.0347 e. The SMILES string of the molecule is Cc1ccc(C2CCCN2)cc1N. The van der Waals surface area contributed by atoms with E-state index >= 15 is 0 Å². The van der Waals surface area contributed by atoms with Gasteiger partial charge in [0.1, 0.15) is 0 Å². The van der Waals surface area contributed by atoms with Crippen LogP contribution in [0.4, 0.5) is 5.69 Å². The average Bonchev–Trinajstić information content (AvgIpc) is 2.62. The lowest BCUT2D eigenvalue weighted by molar-refractivity contribution is 0.648. The van der Waals surface area contributed by atoms with E-state index in [0.717, 1.165) is 12.2 Å². The fraction of sp³-hybridized carbons (Fsp3) is 0.455. The molecule has 0 aliphatic carbocycles. The Kier molecular flexibility index (Phi) is 2.23. The third-order valence-corrected chi connectivity index (χ3v) is 2.77. The van der Waals surface area contributed by atoms with Gasteiger partial charge in [0.25, 0.3) is 0 Å². The van der Waals surface area contributed by atoms with Gasteiger partial charge in [-0.25, -0.2) is 0 Å². The fourth-order valence-electron chi connectivity index (χ4n) is 1.84. The molecule has 0 amide bonds. The molecule has 1 atom stereocenters. The molecule has 1 fully saturated rings. The van der Waals surface area contributed by atoms with E-state index in [2.05, 4.69) is 23.5 Å². The molecule has 70 valence electrons. The Morgan fingerprint density at radius 1 is 1.46 bits per heavy atom. The zero-order valence-corrected chi connectivity index (χ0v) is 8.01. The van der Waals surface area contributed by atoms with Crippen molar-refractivity contribution in [1.29, 1.82) is 0 Å². The molecular formula is C11H16N2. The van der Waals surface area contributed by atoms with Crippen LogP contribution in [0.25, 0.3) is 0 Å². The quantitative estimate of drug-likeness (QED) is 0.642. The molecule has 1 unspecified atom stereocenters. The van der Waals surface area contributed by atoms with Crippen molar-refractivity contribution in [2.24, 2.45) is 0 Å². The van der Waals surface area contributed by atoms with Crippen LogP contribution in [0, 0.1) is 6.92 Å². The first-order chi connectivity index (χ1) is 6.27. The van der Waals surface area contributed by atoms with Crippen LogP contribution in [0.15, 0.2) is 18.2 Å². The molecule has 3 N–H and O–H groups in total. The minimum Gasteiger partial charge on any atom is -0.399 e. The minimum atomic E-state index is 0.530. The van der Waals surface area contributed by atoms with E-state index in [-0.39, 0.29) is 0 Å². The molecule has 13 heavy (non-hydrogen) atoms. The Morgan fingerprint density at radius 3 is 2.92 bits per heavy atom. The lowest BCUT2D eigenvalue weighted by atomic mass is 10.0. The van der Waals surface area contributed by atoms with Crippen LogP contribution < -0.4 is 11.1 Å². The van der Waals surface area contributed by atoms with Crippen LogP contribution in [0.5, 0.6) is 0 Å². The van der Waals surface area contributed by atoms with Crippen molar-refractivity contribution >= 4 is 5.69 Å². The van der Waals surface area contributed by atoms with E-state index in [9.17, 15) is 0 Å². The van der Waals surface area contributed by atoms with Crippen LogP contribution >= 0.6 is 0 Å². The number of rotatable bonds is 1. The largest absolute Gasteiger partial charge is 0.399 e. The van der Waals surface area contributed by atoms with Crippen molar-refractivity contribution in [2.45, 2.75) is 25.8 Å². The van der Waals surface area contributed by atoms with Crippen LogP contribution in [-0.2, 0) is 0 Å². The maximum atomic E-state index is 5.86. The third-order valence-electron chi connectivity index (χ3n) is 2.77. The number of hydrogen-bond acceptors (Lipinski definition) is 2. The number of nitrogens with one attached hydrogen (secondary N) is 1. The van der Waals surface area contributed by atoms with Crippen LogP contribution in [-0.4, -0.2) is 6.54 Å². The first-order valence-corrected chi connectivity index (χ1v) is 4.87. The van der Waals surface area contributed by atoms with Gasteiger partial charge in [0, 0.05) is 11.7 Å². The van der Waals surface area contributed by atoms with Crippen molar-refractivity contribution in [3.63, 3.8) is 0 Å². The van der Waals surface area contributed by atoms with E-state index in [1.807, 2.05) is 6.92 Å². The number of aryl methyl sites for hydroxylation is 1.